The van der Waals surface area contributed by atoms with Gasteiger partial charge in [0.25, 0.3) is 0 Å². The summed E-state index contributed by atoms with van der Waals surface area (Å²) in [5.41, 5.74) is 1.44. The van der Waals surface area contributed by atoms with Gasteiger partial charge in [-0.1, -0.05) is 11.6 Å². The van der Waals surface area contributed by atoms with E-state index in [9.17, 15) is 0 Å². The molecule has 90 valence electrons. The summed E-state index contributed by atoms with van der Waals surface area (Å²) >= 11 is 5.97. The molecule has 0 aliphatic heterocycles. The quantitative estimate of drug-likeness (QED) is 0.828. The van der Waals surface area contributed by atoms with Crippen LogP contribution in [0.4, 0.5) is 0 Å². The van der Waals surface area contributed by atoms with Gasteiger partial charge in [-0.25, -0.2) is 15.0 Å². The Kier molecular flexibility index (Phi) is 2.72. The van der Waals surface area contributed by atoms with E-state index in [0.717, 1.165) is 24.9 Å². The van der Waals surface area contributed by atoms with Crippen LogP contribution in [0.15, 0.2) is 12.7 Å². The number of imidazole rings is 1. The summed E-state index contributed by atoms with van der Waals surface area (Å²) in [6, 6.07) is 0.364. The molecule has 0 amide bonds. The summed E-state index contributed by atoms with van der Waals surface area (Å²) in [5.74, 6) is 0.398. The van der Waals surface area contributed by atoms with Gasteiger partial charge in [0, 0.05) is 12.6 Å². The number of hydrogen-bond donors (Lipinski definition) is 1. The maximum absolute atomic E-state index is 9.17. The van der Waals surface area contributed by atoms with Crippen molar-refractivity contribution in [3.8, 4) is 0 Å². The lowest BCUT2D eigenvalue weighted by Crippen LogP contribution is -2.06. The Morgan fingerprint density at radius 3 is 3.00 bits per heavy atom. The van der Waals surface area contributed by atoms with Gasteiger partial charge in [0.15, 0.2) is 10.8 Å². The van der Waals surface area contributed by atoms with E-state index in [2.05, 4.69) is 19.5 Å². The average Bonchev–Trinajstić information content (AvgIpc) is 2.94. The molecule has 0 saturated heterocycles. The molecule has 2 atom stereocenters. The molecule has 1 saturated carbocycles. The molecule has 2 aromatic rings. The Bertz CT molecular complexity index is 541. The summed E-state index contributed by atoms with van der Waals surface area (Å²) in [6.45, 7) is 0.263. The normalized spacial score (nSPS) is 24.6. The van der Waals surface area contributed by atoms with Crippen molar-refractivity contribution in [2.75, 3.05) is 6.61 Å². The minimum atomic E-state index is 0.263. The average molecular weight is 253 g/mol. The molecular weight excluding hydrogens is 240 g/mol. The monoisotopic (exact) mass is 252 g/mol. The van der Waals surface area contributed by atoms with Crippen LogP contribution in [0, 0.1) is 5.92 Å². The summed E-state index contributed by atoms with van der Waals surface area (Å²) in [7, 11) is 0. The number of aromatic nitrogens is 4. The van der Waals surface area contributed by atoms with Crippen molar-refractivity contribution in [1.82, 2.24) is 19.5 Å². The Balaban J connectivity index is 1.99. The van der Waals surface area contributed by atoms with Crippen molar-refractivity contribution in [1.29, 1.82) is 0 Å². The van der Waals surface area contributed by atoms with Gasteiger partial charge in [-0.15, -0.1) is 0 Å². The zero-order valence-electron chi connectivity index (χ0n) is 9.25. The van der Waals surface area contributed by atoms with Crippen LogP contribution in [0.2, 0.25) is 5.15 Å². The number of halogens is 1. The molecule has 1 fully saturated rings. The molecule has 6 heteroatoms. The van der Waals surface area contributed by atoms with E-state index in [0.29, 0.717) is 22.6 Å². The maximum Gasteiger partial charge on any atom is 0.165 e. The van der Waals surface area contributed by atoms with Crippen LogP contribution in [-0.2, 0) is 0 Å². The number of aliphatic hydroxyl groups excluding tert-OH is 1. The lowest BCUT2D eigenvalue weighted by molar-refractivity contribution is 0.226. The predicted octanol–water partition coefficient (Wildman–Crippen LogP) is 1.81. The van der Waals surface area contributed by atoms with Gasteiger partial charge < -0.3 is 9.67 Å². The van der Waals surface area contributed by atoms with E-state index in [1.807, 2.05) is 0 Å². The SMILES string of the molecule is OCC1CC[C@H](n2cnc3c(Cl)ncnc32)C1. The highest BCUT2D eigenvalue weighted by molar-refractivity contribution is 6.33. The summed E-state index contributed by atoms with van der Waals surface area (Å²) in [4.78, 5) is 12.4. The van der Waals surface area contributed by atoms with E-state index in [4.69, 9.17) is 16.7 Å². The van der Waals surface area contributed by atoms with Gasteiger partial charge >= 0.3 is 0 Å². The second-order valence-corrected chi connectivity index (χ2v) is 4.86. The molecule has 2 aromatic heterocycles. The van der Waals surface area contributed by atoms with Crippen LogP contribution in [0.3, 0.4) is 0 Å². The number of nitrogens with zero attached hydrogens (tertiary/aromatic N) is 4. The molecule has 1 N–H and O–H groups in total. The van der Waals surface area contributed by atoms with E-state index in [1.54, 1.807) is 6.33 Å². The predicted molar refractivity (Wildman–Crippen MR) is 63.8 cm³/mol. The summed E-state index contributed by atoms with van der Waals surface area (Å²) < 4.78 is 2.05. The summed E-state index contributed by atoms with van der Waals surface area (Å²) in [6.07, 6.45) is 6.32. The number of hydrogen-bond acceptors (Lipinski definition) is 4. The van der Waals surface area contributed by atoms with Gasteiger partial charge in [-0.05, 0) is 25.2 Å². The van der Waals surface area contributed by atoms with Crippen molar-refractivity contribution >= 4 is 22.8 Å². The van der Waals surface area contributed by atoms with Gasteiger partial charge in [0.2, 0.25) is 0 Å². The smallest absolute Gasteiger partial charge is 0.165 e. The topological polar surface area (TPSA) is 63.8 Å². The van der Waals surface area contributed by atoms with Crippen LogP contribution >= 0.6 is 11.6 Å². The van der Waals surface area contributed by atoms with Gasteiger partial charge in [0.05, 0.1) is 6.33 Å². The largest absolute Gasteiger partial charge is 0.396 e. The molecule has 5 nitrogen and oxygen atoms in total. The third-order valence-electron chi connectivity index (χ3n) is 3.48. The molecule has 1 unspecified atom stereocenters. The molecule has 0 spiro atoms. The van der Waals surface area contributed by atoms with E-state index >= 15 is 0 Å². The molecule has 1 aliphatic rings. The number of fused-ring (bicyclic) bond motifs is 1. The first-order chi connectivity index (χ1) is 8.29. The lowest BCUT2D eigenvalue weighted by Gasteiger charge is -2.12. The maximum atomic E-state index is 9.17. The van der Waals surface area contributed by atoms with Crippen LogP contribution in [0.1, 0.15) is 25.3 Å². The highest BCUT2D eigenvalue weighted by atomic mass is 35.5. The molecule has 3 rings (SSSR count). The number of rotatable bonds is 2. The van der Waals surface area contributed by atoms with E-state index in [-0.39, 0.29) is 6.61 Å². The van der Waals surface area contributed by atoms with Crippen LogP contribution in [0.5, 0.6) is 0 Å². The fraction of sp³-hybridized carbons (Fsp3) is 0.545. The first-order valence-corrected chi connectivity index (χ1v) is 6.11. The Labute approximate surface area is 103 Å². The second-order valence-electron chi connectivity index (χ2n) is 4.50. The van der Waals surface area contributed by atoms with Crippen molar-refractivity contribution < 1.29 is 5.11 Å². The first-order valence-electron chi connectivity index (χ1n) is 5.73. The highest BCUT2D eigenvalue weighted by Crippen LogP contribution is 2.35. The standard InChI is InChI=1S/C11H13ClN4O/c12-10-9-11(14-5-13-10)16(6-15-9)8-2-1-7(3-8)4-17/h5-8,17H,1-4H2/t7?,8-/m0/s1. The molecule has 0 aromatic carbocycles. The zero-order valence-corrected chi connectivity index (χ0v) is 10.0. The van der Waals surface area contributed by atoms with Crippen LogP contribution in [0.25, 0.3) is 11.2 Å². The second kappa shape index (κ2) is 4.23. The number of aliphatic hydroxyl groups is 1. The van der Waals surface area contributed by atoms with E-state index in [1.165, 1.54) is 6.33 Å². The fourth-order valence-electron chi connectivity index (χ4n) is 2.56. The molecule has 0 bridgehead atoms. The molecule has 2 heterocycles. The van der Waals surface area contributed by atoms with Crippen molar-refractivity contribution in [3.63, 3.8) is 0 Å². The van der Waals surface area contributed by atoms with Gasteiger partial charge in [-0.2, -0.15) is 0 Å². The fourth-order valence-corrected chi connectivity index (χ4v) is 2.73. The van der Waals surface area contributed by atoms with Crippen LogP contribution in [-0.4, -0.2) is 31.2 Å². The van der Waals surface area contributed by atoms with Gasteiger partial charge in [-0.3, -0.25) is 0 Å². The third kappa shape index (κ3) is 1.79. The van der Waals surface area contributed by atoms with Crippen molar-refractivity contribution in [2.45, 2.75) is 25.3 Å². The minimum absolute atomic E-state index is 0.263. The zero-order chi connectivity index (χ0) is 11.8. The van der Waals surface area contributed by atoms with Crippen molar-refractivity contribution in [3.05, 3.63) is 17.8 Å². The van der Waals surface area contributed by atoms with Gasteiger partial charge in [0.1, 0.15) is 11.8 Å². The molecule has 1 aliphatic carbocycles. The minimum Gasteiger partial charge on any atom is -0.396 e. The Morgan fingerprint density at radius 1 is 1.35 bits per heavy atom. The van der Waals surface area contributed by atoms with Crippen molar-refractivity contribution in [2.24, 2.45) is 5.92 Å². The molecule has 0 radical (unpaired) electrons. The Hall–Kier alpha value is -1.20. The third-order valence-corrected chi connectivity index (χ3v) is 3.76. The molecule has 17 heavy (non-hydrogen) atoms. The lowest BCUT2D eigenvalue weighted by atomic mass is 10.1. The van der Waals surface area contributed by atoms with Crippen LogP contribution < -0.4 is 0 Å². The first kappa shape index (κ1) is 10.9. The highest BCUT2D eigenvalue weighted by Gasteiger charge is 2.26. The summed E-state index contributed by atoms with van der Waals surface area (Å²) in [5, 5.41) is 9.56. The molecular formula is C11H13ClN4O. The van der Waals surface area contributed by atoms with E-state index < -0.39 is 0 Å². The Morgan fingerprint density at radius 2 is 2.24 bits per heavy atom.